The molecule has 0 saturated carbocycles. The van der Waals surface area contributed by atoms with E-state index < -0.39 is 36.1 Å². The summed E-state index contributed by atoms with van der Waals surface area (Å²) in [6.45, 7) is 0.776. The van der Waals surface area contributed by atoms with Crippen molar-refractivity contribution in [2.75, 3.05) is 32.8 Å². The van der Waals surface area contributed by atoms with E-state index in [9.17, 15) is 18.4 Å². The number of benzene rings is 1. The molecule has 4 atom stereocenters. The van der Waals surface area contributed by atoms with Crippen LogP contribution < -0.4 is 10.7 Å². The minimum atomic E-state index is -1.68. The number of carbonyl (C=O) groups is 2. The zero-order valence-electron chi connectivity index (χ0n) is 15.5. The monoisotopic (exact) mass is 398 g/mol. The van der Waals surface area contributed by atoms with Crippen LogP contribution in [-0.4, -0.2) is 78.5 Å². The second-order valence-electron chi connectivity index (χ2n) is 7.02. The number of β-amino-alcohol motifs (C(OH)–C–C–N with tert-alkyl or cyclic N) is 1. The van der Waals surface area contributed by atoms with Crippen LogP contribution in [0.15, 0.2) is 30.3 Å². The first kappa shape index (κ1) is 20.4. The third-order valence-corrected chi connectivity index (χ3v) is 5.25. The fraction of sp³-hybridized carbons (Fsp3) is 0.556. The minimum absolute atomic E-state index is 0.129. The van der Waals surface area contributed by atoms with Gasteiger partial charge in [0.15, 0.2) is 12.6 Å². The maximum Gasteiger partial charge on any atom is 0.407 e. The Balaban J connectivity index is 1.78. The van der Waals surface area contributed by atoms with Crippen LogP contribution in [0.1, 0.15) is 12.5 Å². The van der Waals surface area contributed by atoms with Crippen LogP contribution in [-0.2, 0) is 14.9 Å². The number of nitrogens with one attached hydrogen (secondary N) is 2. The standard InChI is InChI=1S/C18H24F2N4O4/c1-18(12-5-3-2-4-6-12,13-9-21-17(27)28-13)16(26)22-23-10-14(19)24(7-8-25)15(20)11-23/h2-6,13-15,25H,7-11H2,1H3,(H,21,27)(H,22,26). The van der Waals surface area contributed by atoms with Gasteiger partial charge in [0.25, 0.3) is 0 Å². The fourth-order valence-electron chi connectivity index (χ4n) is 3.53. The molecule has 2 saturated heterocycles. The lowest BCUT2D eigenvalue weighted by atomic mass is 9.76. The van der Waals surface area contributed by atoms with Crippen LogP contribution in [0.2, 0.25) is 0 Å². The zero-order chi connectivity index (χ0) is 20.3. The van der Waals surface area contributed by atoms with Crippen molar-refractivity contribution in [3.05, 3.63) is 35.9 Å². The highest BCUT2D eigenvalue weighted by Gasteiger charge is 2.49. The van der Waals surface area contributed by atoms with Gasteiger partial charge in [-0.25, -0.2) is 23.5 Å². The van der Waals surface area contributed by atoms with Crippen LogP contribution in [0.3, 0.4) is 0 Å². The smallest absolute Gasteiger partial charge is 0.407 e. The molecule has 2 aliphatic rings. The summed E-state index contributed by atoms with van der Waals surface area (Å²) >= 11 is 0. The third kappa shape index (κ3) is 3.94. The first-order chi connectivity index (χ1) is 13.4. The van der Waals surface area contributed by atoms with E-state index in [1.54, 1.807) is 37.3 Å². The molecule has 1 aromatic carbocycles. The Kier molecular flexibility index (Phi) is 6.11. The van der Waals surface area contributed by atoms with Gasteiger partial charge in [0.2, 0.25) is 5.91 Å². The number of hydrogen-bond donors (Lipinski definition) is 3. The summed E-state index contributed by atoms with van der Waals surface area (Å²) in [5.74, 6) is -0.532. The second kappa shape index (κ2) is 8.38. The molecule has 0 bridgehead atoms. The summed E-state index contributed by atoms with van der Waals surface area (Å²) < 4.78 is 33.8. The van der Waals surface area contributed by atoms with Crippen LogP contribution in [0.25, 0.3) is 0 Å². The third-order valence-electron chi connectivity index (χ3n) is 5.25. The molecule has 0 aliphatic carbocycles. The number of hydrazine groups is 1. The molecule has 2 aliphatic heterocycles. The molecule has 2 fully saturated rings. The Bertz CT molecular complexity index is 698. The van der Waals surface area contributed by atoms with E-state index in [0.717, 1.165) is 4.90 Å². The number of halogens is 2. The molecule has 154 valence electrons. The Labute approximate surface area is 161 Å². The van der Waals surface area contributed by atoms with E-state index in [4.69, 9.17) is 9.84 Å². The SMILES string of the molecule is CC(C(=O)NN1CC(F)N(CCO)C(F)C1)(c1ccccc1)C1CNC(=O)O1. The topological polar surface area (TPSA) is 94.1 Å². The molecule has 8 nitrogen and oxygen atoms in total. The van der Waals surface area contributed by atoms with Crippen LogP contribution >= 0.6 is 0 Å². The lowest BCUT2D eigenvalue weighted by Gasteiger charge is -2.41. The summed E-state index contributed by atoms with van der Waals surface area (Å²) in [6, 6.07) is 8.78. The Hall–Kier alpha value is -2.30. The van der Waals surface area contributed by atoms with E-state index in [2.05, 4.69) is 10.7 Å². The van der Waals surface area contributed by atoms with Crippen molar-refractivity contribution in [2.24, 2.45) is 0 Å². The van der Waals surface area contributed by atoms with Crippen molar-refractivity contribution >= 4 is 12.0 Å². The highest BCUT2D eigenvalue weighted by Crippen LogP contribution is 2.32. The van der Waals surface area contributed by atoms with Crippen molar-refractivity contribution in [1.82, 2.24) is 20.7 Å². The van der Waals surface area contributed by atoms with E-state index >= 15 is 0 Å². The van der Waals surface area contributed by atoms with Gasteiger partial charge >= 0.3 is 6.09 Å². The number of carbonyl (C=O) groups excluding carboxylic acids is 2. The molecule has 1 aromatic rings. The van der Waals surface area contributed by atoms with Gasteiger partial charge in [-0.3, -0.25) is 10.2 Å². The quantitative estimate of drug-likeness (QED) is 0.597. The number of aliphatic hydroxyl groups is 1. The molecule has 28 heavy (non-hydrogen) atoms. The lowest BCUT2D eigenvalue weighted by molar-refractivity contribution is -0.144. The van der Waals surface area contributed by atoms with E-state index in [-0.39, 0.29) is 32.8 Å². The molecule has 4 unspecified atom stereocenters. The number of aliphatic hydroxyl groups excluding tert-OH is 1. The summed E-state index contributed by atoms with van der Waals surface area (Å²) in [5.41, 5.74) is 1.93. The number of nitrogens with zero attached hydrogens (tertiary/aromatic N) is 2. The van der Waals surface area contributed by atoms with Crippen LogP contribution in [0.4, 0.5) is 13.6 Å². The number of cyclic esters (lactones) is 1. The molecule has 2 heterocycles. The Morgan fingerprint density at radius 3 is 2.50 bits per heavy atom. The normalized spacial score (nSPS) is 28.3. The number of ether oxygens (including phenoxy) is 1. The minimum Gasteiger partial charge on any atom is -0.443 e. The highest BCUT2D eigenvalue weighted by atomic mass is 19.2. The number of piperazine rings is 1. The first-order valence-electron chi connectivity index (χ1n) is 9.07. The van der Waals surface area contributed by atoms with Crippen LogP contribution in [0, 0.1) is 0 Å². The molecule has 3 rings (SSSR count). The van der Waals surface area contributed by atoms with Gasteiger partial charge in [-0.15, -0.1) is 0 Å². The number of rotatable bonds is 6. The van der Waals surface area contributed by atoms with E-state index in [0.29, 0.717) is 5.56 Å². The van der Waals surface area contributed by atoms with Gasteiger partial charge < -0.3 is 15.2 Å². The molecular weight excluding hydrogens is 374 g/mol. The Morgan fingerprint density at radius 2 is 1.96 bits per heavy atom. The Morgan fingerprint density at radius 1 is 1.32 bits per heavy atom. The summed E-state index contributed by atoms with van der Waals surface area (Å²) in [5, 5.41) is 12.6. The maximum atomic E-state index is 14.3. The second-order valence-corrected chi connectivity index (χ2v) is 7.02. The number of hydrogen-bond acceptors (Lipinski definition) is 6. The van der Waals surface area contributed by atoms with Crippen LogP contribution in [0.5, 0.6) is 0 Å². The lowest BCUT2D eigenvalue weighted by Crippen LogP contribution is -2.63. The van der Waals surface area contributed by atoms with Crippen molar-refractivity contribution in [3.8, 4) is 0 Å². The predicted molar refractivity (Wildman–Crippen MR) is 95.4 cm³/mol. The molecule has 0 spiro atoms. The predicted octanol–water partition coefficient (Wildman–Crippen LogP) is 0.285. The van der Waals surface area contributed by atoms with Gasteiger partial charge in [-0.2, -0.15) is 0 Å². The molecule has 3 N–H and O–H groups in total. The molecule has 2 amide bonds. The maximum absolute atomic E-state index is 14.3. The summed E-state index contributed by atoms with van der Waals surface area (Å²) in [4.78, 5) is 25.6. The van der Waals surface area contributed by atoms with Crippen molar-refractivity contribution in [1.29, 1.82) is 0 Å². The fourth-order valence-corrected chi connectivity index (χ4v) is 3.53. The van der Waals surface area contributed by atoms with Gasteiger partial charge in [0.1, 0.15) is 11.5 Å². The molecule has 10 heteroatoms. The van der Waals surface area contributed by atoms with Gasteiger partial charge in [0, 0.05) is 6.54 Å². The number of alkyl halides is 2. The summed E-state index contributed by atoms with van der Waals surface area (Å²) in [6.07, 6.45) is -4.75. The number of amides is 2. The largest absolute Gasteiger partial charge is 0.443 e. The zero-order valence-corrected chi connectivity index (χ0v) is 15.5. The molecule has 0 radical (unpaired) electrons. The van der Waals surface area contributed by atoms with Crippen molar-refractivity contribution < 1.29 is 28.2 Å². The summed E-state index contributed by atoms with van der Waals surface area (Å²) in [7, 11) is 0. The molecule has 0 aromatic heterocycles. The average Bonchev–Trinajstić information content (AvgIpc) is 3.11. The van der Waals surface area contributed by atoms with E-state index in [1.165, 1.54) is 5.01 Å². The van der Waals surface area contributed by atoms with E-state index in [1.807, 2.05) is 0 Å². The average molecular weight is 398 g/mol. The van der Waals surface area contributed by atoms with Gasteiger partial charge in [-0.05, 0) is 12.5 Å². The number of alkyl carbamates (subject to hydrolysis) is 1. The first-order valence-corrected chi connectivity index (χ1v) is 9.07. The van der Waals surface area contributed by atoms with Crippen molar-refractivity contribution in [2.45, 2.75) is 31.0 Å². The van der Waals surface area contributed by atoms with Crippen molar-refractivity contribution in [3.63, 3.8) is 0 Å². The van der Waals surface area contributed by atoms with Gasteiger partial charge in [-0.1, -0.05) is 30.3 Å². The molecular formula is C18H24F2N4O4. The van der Waals surface area contributed by atoms with Gasteiger partial charge in [0.05, 0.1) is 26.2 Å². The highest BCUT2D eigenvalue weighted by molar-refractivity contribution is 5.89.